The van der Waals surface area contributed by atoms with E-state index < -0.39 is 17.7 Å². The van der Waals surface area contributed by atoms with Gasteiger partial charge in [-0.15, -0.1) is 0 Å². The van der Waals surface area contributed by atoms with Crippen LogP contribution in [-0.4, -0.2) is 28.5 Å². The molecule has 0 aromatic heterocycles. The van der Waals surface area contributed by atoms with Crippen molar-refractivity contribution < 1.29 is 24.5 Å². The molecule has 1 unspecified atom stereocenters. The van der Waals surface area contributed by atoms with E-state index in [0.717, 1.165) is 19.3 Å². The number of aromatic hydroxyl groups is 1. The van der Waals surface area contributed by atoms with E-state index in [-0.39, 0.29) is 22.1 Å². The van der Waals surface area contributed by atoms with E-state index in [2.05, 4.69) is 6.92 Å². The van der Waals surface area contributed by atoms with E-state index in [9.17, 15) is 19.8 Å². The molecular weight excluding hydrogens is 501 g/mol. The number of hydrogen-bond acceptors (Lipinski definition) is 5. The van der Waals surface area contributed by atoms with Crippen LogP contribution >= 0.6 is 23.2 Å². The molecule has 8 heteroatoms. The molecule has 1 heterocycles. The summed E-state index contributed by atoms with van der Waals surface area (Å²) in [5.74, 6) is -1.46. The summed E-state index contributed by atoms with van der Waals surface area (Å²) in [7, 11) is 0. The third-order valence-corrected chi connectivity index (χ3v) is 6.54. The van der Waals surface area contributed by atoms with Gasteiger partial charge in [0.1, 0.15) is 17.3 Å². The number of carbonyl (C=O) groups is 2. The predicted octanol–water partition coefficient (Wildman–Crippen LogP) is 6.89. The van der Waals surface area contributed by atoms with Crippen LogP contribution in [0.1, 0.15) is 43.4 Å². The van der Waals surface area contributed by atoms with Crippen LogP contribution in [0.4, 0.5) is 5.69 Å². The first-order valence-corrected chi connectivity index (χ1v) is 12.4. The number of aliphatic hydroxyl groups is 1. The number of phenolic OH excluding ortho intramolecular Hbond substituents is 1. The number of carbonyl (C=O) groups excluding carboxylic acids is 2. The zero-order chi connectivity index (χ0) is 25.8. The van der Waals surface area contributed by atoms with E-state index in [0.29, 0.717) is 34.2 Å². The van der Waals surface area contributed by atoms with Crippen molar-refractivity contribution in [1.82, 2.24) is 0 Å². The summed E-state index contributed by atoms with van der Waals surface area (Å²) in [5, 5.41) is 21.7. The van der Waals surface area contributed by atoms with Crippen molar-refractivity contribution in [3.8, 4) is 11.5 Å². The van der Waals surface area contributed by atoms with Crippen molar-refractivity contribution in [2.24, 2.45) is 0 Å². The number of hydrogen-bond donors (Lipinski definition) is 2. The maximum Gasteiger partial charge on any atom is 0.300 e. The van der Waals surface area contributed by atoms with Crippen LogP contribution in [0.5, 0.6) is 11.5 Å². The second-order valence-electron chi connectivity index (χ2n) is 8.44. The van der Waals surface area contributed by atoms with Crippen LogP contribution in [0.25, 0.3) is 5.76 Å². The van der Waals surface area contributed by atoms with Gasteiger partial charge in [-0.1, -0.05) is 49.0 Å². The average Bonchev–Trinajstić information content (AvgIpc) is 3.14. The Bertz CT molecular complexity index is 1300. The molecular formula is C28H25Cl2NO5. The number of benzene rings is 3. The summed E-state index contributed by atoms with van der Waals surface area (Å²) in [6.45, 7) is 2.71. The number of nitrogens with zero attached hydrogens (tertiary/aromatic N) is 1. The van der Waals surface area contributed by atoms with Crippen molar-refractivity contribution in [1.29, 1.82) is 0 Å². The van der Waals surface area contributed by atoms with Crippen LogP contribution in [-0.2, 0) is 9.59 Å². The Labute approximate surface area is 219 Å². The molecule has 3 aromatic rings. The Kier molecular flexibility index (Phi) is 7.87. The molecule has 0 spiro atoms. The van der Waals surface area contributed by atoms with E-state index >= 15 is 0 Å². The van der Waals surface area contributed by atoms with Crippen LogP contribution < -0.4 is 9.64 Å². The predicted molar refractivity (Wildman–Crippen MR) is 141 cm³/mol. The lowest BCUT2D eigenvalue weighted by atomic mass is 9.95. The minimum absolute atomic E-state index is 0.0544. The molecule has 0 aliphatic carbocycles. The highest BCUT2D eigenvalue weighted by molar-refractivity contribution is 6.51. The number of Topliss-reactive ketones (excluding diaryl/α,β-unsaturated/α-hetero) is 1. The molecule has 1 aliphatic heterocycles. The number of rotatable bonds is 8. The first kappa shape index (κ1) is 25.6. The van der Waals surface area contributed by atoms with E-state index in [4.69, 9.17) is 27.9 Å². The average molecular weight is 526 g/mol. The lowest BCUT2D eigenvalue weighted by molar-refractivity contribution is -0.132. The number of aliphatic hydroxyl groups excluding tert-OH is 1. The largest absolute Gasteiger partial charge is 0.507 e. The number of halogens is 2. The third-order valence-electron chi connectivity index (χ3n) is 5.98. The van der Waals surface area contributed by atoms with E-state index in [1.165, 1.54) is 17.0 Å². The topological polar surface area (TPSA) is 87.1 Å². The molecule has 0 bridgehead atoms. The van der Waals surface area contributed by atoms with E-state index in [1.807, 2.05) is 0 Å². The highest BCUT2D eigenvalue weighted by atomic mass is 35.5. The van der Waals surface area contributed by atoms with Gasteiger partial charge in [-0.3, -0.25) is 14.5 Å². The van der Waals surface area contributed by atoms with Crippen molar-refractivity contribution in [3.63, 3.8) is 0 Å². The molecule has 0 radical (unpaired) electrons. The van der Waals surface area contributed by atoms with E-state index in [1.54, 1.807) is 54.6 Å². The SMILES string of the molecule is CCCCCOc1ccc(/C(O)=C2/C(=O)C(=O)N(c3ccc(Cl)cc3)C2c2ccc(O)c(Cl)c2)cc1. The molecule has 186 valence electrons. The Morgan fingerprint density at radius 2 is 1.67 bits per heavy atom. The molecule has 1 saturated heterocycles. The maximum absolute atomic E-state index is 13.2. The molecule has 4 rings (SSSR count). The third kappa shape index (κ3) is 5.20. The van der Waals surface area contributed by atoms with Gasteiger partial charge in [-0.2, -0.15) is 0 Å². The first-order valence-electron chi connectivity index (χ1n) is 11.6. The highest BCUT2D eigenvalue weighted by Crippen LogP contribution is 2.43. The fourth-order valence-corrected chi connectivity index (χ4v) is 4.43. The summed E-state index contributed by atoms with van der Waals surface area (Å²) in [4.78, 5) is 27.7. The maximum atomic E-state index is 13.2. The van der Waals surface area contributed by atoms with Crippen molar-refractivity contribution in [2.45, 2.75) is 32.2 Å². The van der Waals surface area contributed by atoms with Gasteiger partial charge in [0.15, 0.2) is 0 Å². The number of ketones is 1. The van der Waals surface area contributed by atoms with Gasteiger partial charge in [0.05, 0.1) is 23.2 Å². The Morgan fingerprint density at radius 3 is 2.31 bits per heavy atom. The Hall–Kier alpha value is -3.48. The molecule has 3 aromatic carbocycles. The molecule has 1 fully saturated rings. The summed E-state index contributed by atoms with van der Waals surface area (Å²) >= 11 is 12.2. The standard InChI is InChI=1S/C28H25Cl2NO5/c1-2-3-4-15-36-21-12-5-17(6-13-21)26(33)24-25(18-7-14-23(32)22(30)16-18)31(28(35)27(24)34)20-10-8-19(29)9-11-20/h5-14,16,25,32-33H,2-4,15H2,1H3/b26-24-. The Morgan fingerprint density at radius 1 is 0.972 bits per heavy atom. The summed E-state index contributed by atoms with van der Waals surface area (Å²) in [5.41, 5.74) is 1.14. The van der Waals surface area contributed by atoms with Crippen LogP contribution in [0.2, 0.25) is 10.0 Å². The van der Waals surface area contributed by atoms with Gasteiger partial charge < -0.3 is 14.9 Å². The normalized spacial score (nSPS) is 17.0. The molecule has 2 N–H and O–H groups in total. The quantitative estimate of drug-likeness (QED) is 0.144. The first-order chi connectivity index (χ1) is 17.3. The molecule has 6 nitrogen and oxygen atoms in total. The van der Waals surface area contributed by atoms with Gasteiger partial charge in [-0.25, -0.2) is 0 Å². The number of phenols is 1. The fraction of sp³-hybridized carbons (Fsp3) is 0.214. The van der Waals surface area contributed by atoms with Gasteiger partial charge in [0.2, 0.25) is 0 Å². The summed E-state index contributed by atoms with van der Waals surface area (Å²) in [6.07, 6.45) is 3.12. The number of unbranched alkanes of at least 4 members (excludes halogenated alkanes) is 2. The van der Waals surface area contributed by atoms with Crippen molar-refractivity contribution in [3.05, 3.63) is 93.5 Å². The lowest BCUT2D eigenvalue weighted by Crippen LogP contribution is -2.29. The molecule has 36 heavy (non-hydrogen) atoms. The molecule has 1 amide bonds. The second-order valence-corrected chi connectivity index (χ2v) is 9.28. The van der Waals surface area contributed by atoms with Gasteiger partial charge in [0, 0.05) is 16.3 Å². The number of amides is 1. The van der Waals surface area contributed by atoms with Gasteiger partial charge >= 0.3 is 0 Å². The number of ether oxygens (including phenoxy) is 1. The van der Waals surface area contributed by atoms with Crippen LogP contribution in [0, 0.1) is 0 Å². The summed E-state index contributed by atoms with van der Waals surface area (Å²) in [6, 6.07) is 16.6. The van der Waals surface area contributed by atoms with Gasteiger partial charge in [0.25, 0.3) is 11.7 Å². The van der Waals surface area contributed by atoms with Gasteiger partial charge in [-0.05, 0) is 72.6 Å². The fourth-order valence-electron chi connectivity index (χ4n) is 4.12. The smallest absolute Gasteiger partial charge is 0.300 e. The zero-order valence-corrected chi connectivity index (χ0v) is 21.1. The van der Waals surface area contributed by atoms with Crippen LogP contribution in [0.15, 0.2) is 72.3 Å². The molecule has 1 aliphatic rings. The van der Waals surface area contributed by atoms with Crippen LogP contribution in [0.3, 0.4) is 0 Å². The number of anilines is 1. The minimum atomic E-state index is -0.978. The van der Waals surface area contributed by atoms with Crippen molar-refractivity contribution in [2.75, 3.05) is 11.5 Å². The second kappa shape index (κ2) is 11.1. The zero-order valence-electron chi connectivity index (χ0n) is 19.6. The highest BCUT2D eigenvalue weighted by Gasteiger charge is 2.47. The minimum Gasteiger partial charge on any atom is -0.507 e. The van der Waals surface area contributed by atoms with Crippen molar-refractivity contribution >= 4 is 46.3 Å². The lowest BCUT2D eigenvalue weighted by Gasteiger charge is -2.25. The Balaban J connectivity index is 1.77. The molecule has 1 atom stereocenters. The monoisotopic (exact) mass is 525 g/mol. The molecule has 0 saturated carbocycles. The summed E-state index contributed by atoms with van der Waals surface area (Å²) < 4.78 is 5.73.